The molecule has 1 aromatic heterocycles. The van der Waals surface area contributed by atoms with Crippen LogP contribution >= 0.6 is 11.3 Å². The maximum absolute atomic E-state index is 12.0. The van der Waals surface area contributed by atoms with Gasteiger partial charge in [0.05, 0.1) is 0 Å². The minimum absolute atomic E-state index is 0.0414. The number of thiophene rings is 1. The molecule has 0 aliphatic carbocycles. The zero-order chi connectivity index (χ0) is 9.90. The van der Waals surface area contributed by atoms with E-state index in [1.54, 1.807) is 0 Å². The standard InChI is InChI=1S/C8H10F3NS/c9-8(10,11)7(12)2-1-6-3-4-13-5-6/h3-5,7H,1-2,12H2. The Hall–Kier alpha value is -0.550. The van der Waals surface area contributed by atoms with Crippen molar-refractivity contribution in [3.8, 4) is 0 Å². The summed E-state index contributed by atoms with van der Waals surface area (Å²) < 4.78 is 35.9. The van der Waals surface area contributed by atoms with Crippen LogP contribution in [-0.2, 0) is 6.42 Å². The third-order valence-electron chi connectivity index (χ3n) is 1.74. The quantitative estimate of drug-likeness (QED) is 0.813. The molecule has 0 aromatic carbocycles. The predicted molar refractivity (Wildman–Crippen MR) is 46.7 cm³/mol. The van der Waals surface area contributed by atoms with Gasteiger partial charge in [-0.25, -0.2) is 0 Å². The van der Waals surface area contributed by atoms with Crippen molar-refractivity contribution in [2.75, 3.05) is 0 Å². The van der Waals surface area contributed by atoms with Crippen LogP contribution in [0.3, 0.4) is 0 Å². The molecule has 0 amide bonds. The largest absolute Gasteiger partial charge is 0.403 e. The first-order chi connectivity index (χ1) is 6.00. The Labute approximate surface area is 78.4 Å². The Morgan fingerprint density at radius 1 is 1.46 bits per heavy atom. The number of alkyl halides is 3. The molecule has 1 rings (SSSR count). The number of rotatable bonds is 3. The van der Waals surface area contributed by atoms with Crippen LogP contribution in [0.25, 0.3) is 0 Å². The summed E-state index contributed by atoms with van der Waals surface area (Å²) in [4.78, 5) is 0. The molecule has 1 atom stereocenters. The highest BCUT2D eigenvalue weighted by atomic mass is 32.1. The van der Waals surface area contributed by atoms with Crippen molar-refractivity contribution < 1.29 is 13.2 Å². The summed E-state index contributed by atoms with van der Waals surface area (Å²) in [5.41, 5.74) is 5.87. The van der Waals surface area contributed by atoms with E-state index in [4.69, 9.17) is 5.73 Å². The molecular weight excluding hydrogens is 199 g/mol. The van der Waals surface area contributed by atoms with E-state index >= 15 is 0 Å². The maximum atomic E-state index is 12.0. The molecule has 0 radical (unpaired) electrons. The predicted octanol–water partition coefficient (Wildman–Crippen LogP) is 2.57. The molecule has 0 saturated heterocycles. The molecule has 1 unspecified atom stereocenters. The Kier molecular flexibility index (Phi) is 3.33. The molecule has 0 saturated carbocycles. The fourth-order valence-corrected chi connectivity index (χ4v) is 1.62. The van der Waals surface area contributed by atoms with Gasteiger partial charge in [-0.15, -0.1) is 0 Å². The second-order valence-electron chi connectivity index (χ2n) is 2.82. The van der Waals surface area contributed by atoms with Crippen LogP contribution in [0.5, 0.6) is 0 Å². The summed E-state index contributed by atoms with van der Waals surface area (Å²) in [6.45, 7) is 0. The molecule has 0 aliphatic rings. The number of hydrogen-bond acceptors (Lipinski definition) is 2. The molecule has 1 aromatic rings. The van der Waals surface area contributed by atoms with Gasteiger partial charge in [-0.1, -0.05) is 0 Å². The van der Waals surface area contributed by atoms with Crippen molar-refractivity contribution in [1.82, 2.24) is 0 Å². The van der Waals surface area contributed by atoms with Crippen molar-refractivity contribution in [1.29, 1.82) is 0 Å². The molecule has 0 aliphatic heterocycles. The third-order valence-corrected chi connectivity index (χ3v) is 2.48. The highest BCUT2D eigenvalue weighted by Crippen LogP contribution is 2.22. The van der Waals surface area contributed by atoms with E-state index in [1.165, 1.54) is 11.3 Å². The second kappa shape index (κ2) is 4.11. The van der Waals surface area contributed by atoms with Crippen molar-refractivity contribution in [3.63, 3.8) is 0 Å². The molecule has 2 N–H and O–H groups in total. The van der Waals surface area contributed by atoms with Gasteiger partial charge < -0.3 is 5.73 Å². The van der Waals surface area contributed by atoms with E-state index in [-0.39, 0.29) is 6.42 Å². The van der Waals surface area contributed by atoms with Gasteiger partial charge in [0.15, 0.2) is 0 Å². The van der Waals surface area contributed by atoms with Crippen LogP contribution in [0.2, 0.25) is 0 Å². The molecule has 1 heterocycles. The monoisotopic (exact) mass is 209 g/mol. The Morgan fingerprint density at radius 2 is 2.15 bits per heavy atom. The Balaban J connectivity index is 2.35. The van der Waals surface area contributed by atoms with Gasteiger partial charge >= 0.3 is 6.18 Å². The minimum Gasteiger partial charge on any atom is -0.320 e. The van der Waals surface area contributed by atoms with Gasteiger partial charge in [0.2, 0.25) is 0 Å². The van der Waals surface area contributed by atoms with Crippen molar-refractivity contribution in [3.05, 3.63) is 22.4 Å². The van der Waals surface area contributed by atoms with E-state index in [1.807, 2.05) is 16.8 Å². The fraction of sp³-hybridized carbons (Fsp3) is 0.500. The average Bonchev–Trinajstić information content (AvgIpc) is 2.50. The van der Waals surface area contributed by atoms with Gasteiger partial charge in [-0.3, -0.25) is 0 Å². The smallest absolute Gasteiger partial charge is 0.320 e. The summed E-state index contributed by atoms with van der Waals surface area (Å²) in [5.74, 6) is 0. The molecule has 1 nitrogen and oxygen atoms in total. The lowest BCUT2D eigenvalue weighted by molar-refractivity contribution is -0.148. The SMILES string of the molecule is NC(CCc1ccsc1)C(F)(F)F. The first kappa shape index (κ1) is 10.5. The lowest BCUT2D eigenvalue weighted by Gasteiger charge is -2.14. The van der Waals surface area contributed by atoms with Gasteiger partial charge in [0.1, 0.15) is 6.04 Å². The number of halogens is 3. The van der Waals surface area contributed by atoms with Gasteiger partial charge in [-0.2, -0.15) is 24.5 Å². The highest BCUT2D eigenvalue weighted by Gasteiger charge is 2.35. The Bertz CT molecular complexity index is 242. The van der Waals surface area contributed by atoms with E-state index in [0.717, 1.165) is 5.56 Å². The number of hydrogen-bond donors (Lipinski definition) is 1. The number of nitrogens with two attached hydrogens (primary N) is 1. The molecule has 0 spiro atoms. The summed E-state index contributed by atoms with van der Waals surface area (Å²) in [5, 5.41) is 3.68. The lowest BCUT2D eigenvalue weighted by Crippen LogP contribution is -2.37. The lowest BCUT2D eigenvalue weighted by atomic mass is 10.1. The first-order valence-corrected chi connectivity index (χ1v) is 4.78. The molecule has 13 heavy (non-hydrogen) atoms. The summed E-state index contributed by atoms with van der Waals surface area (Å²) in [6.07, 6.45) is -3.92. The summed E-state index contributed by atoms with van der Waals surface area (Å²) >= 11 is 1.48. The summed E-state index contributed by atoms with van der Waals surface area (Å²) in [7, 11) is 0. The highest BCUT2D eigenvalue weighted by molar-refractivity contribution is 7.07. The van der Waals surface area contributed by atoms with Crippen molar-refractivity contribution in [2.45, 2.75) is 25.1 Å². The van der Waals surface area contributed by atoms with Crippen LogP contribution in [-0.4, -0.2) is 12.2 Å². The molecule has 5 heteroatoms. The Morgan fingerprint density at radius 3 is 2.62 bits per heavy atom. The average molecular weight is 209 g/mol. The molecular formula is C8H10F3NS. The first-order valence-electron chi connectivity index (χ1n) is 3.83. The molecule has 74 valence electrons. The normalized spacial score (nSPS) is 14.5. The van der Waals surface area contributed by atoms with Crippen LogP contribution in [0.15, 0.2) is 16.8 Å². The van der Waals surface area contributed by atoms with Gasteiger partial charge in [0.25, 0.3) is 0 Å². The van der Waals surface area contributed by atoms with E-state index < -0.39 is 12.2 Å². The van der Waals surface area contributed by atoms with Crippen LogP contribution in [0.1, 0.15) is 12.0 Å². The van der Waals surface area contributed by atoms with E-state index in [2.05, 4.69) is 0 Å². The van der Waals surface area contributed by atoms with Crippen LogP contribution in [0, 0.1) is 0 Å². The van der Waals surface area contributed by atoms with E-state index in [0.29, 0.717) is 6.42 Å². The topological polar surface area (TPSA) is 26.0 Å². The van der Waals surface area contributed by atoms with E-state index in [9.17, 15) is 13.2 Å². The maximum Gasteiger partial charge on any atom is 0.403 e. The second-order valence-corrected chi connectivity index (χ2v) is 3.60. The summed E-state index contributed by atoms with van der Waals surface area (Å²) in [6, 6.07) is 0.112. The van der Waals surface area contributed by atoms with Crippen molar-refractivity contribution >= 4 is 11.3 Å². The molecule has 0 fully saturated rings. The van der Waals surface area contributed by atoms with Crippen molar-refractivity contribution in [2.24, 2.45) is 5.73 Å². The number of aryl methyl sites for hydroxylation is 1. The molecule has 0 bridgehead atoms. The zero-order valence-corrected chi connectivity index (χ0v) is 7.66. The van der Waals surface area contributed by atoms with Gasteiger partial charge in [-0.05, 0) is 35.2 Å². The fourth-order valence-electron chi connectivity index (χ4n) is 0.921. The zero-order valence-electron chi connectivity index (χ0n) is 6.84. The third kappa shape index (κ3) is 3.36. The van der Waals surface area contributed by atoms with Gasteiger partial charge in [0, 0.05) is 0 Å². The van der Waals surface area contributed by atoms with Crippen LogP contribution in [0.4, 0.5) is 13.2 Å². The minimum atomic E-state index is -4.27. The van der Waals surface area contributed by atoms with Crippen LogP contribution < -0.4 is 5.73 Å².